The Kier molecular flexibility index (Phi) is 5.94. The van der Waals surface area contributed by atoms with Gasteiger partial charge in [-0.15, -0.1) is 0 Å². The minimum absolute atomic E-state index is 0.0370. The Labute approximate surface area is 103 Å². The normalized spacial score (nSPS) is 13.8. The number of hydrogen-bond acceptors (Lipinski definition) is 3. The zero-order valence-corrected chi connectivity index (χ0v) is 10.1. The van der Waals surface area contributed by atoms with E-state index in [1.165, 1.54) is 5.70 Å². The first-order valence-electron chi connectivity index (χ1n) is 5.68. The summed E-state index contributed by atoms with van der Waals surface area (Å²) < 4.78 is 5.29. The zero-order chi connectivity index (χ0) is 12.5. The minimum atomic E-state index is 0.0370. The van der Waals surface area contributed by atoms with Gasteiger partial charge in [-0.05, 0) is 25.1 Å². The average molecular weight is 233 g/mol. The standard InChI is InChI=1S/C14H19NO2/c1-3-14(16)12-17-11-10-15(4-2)13-8-6-5-7-9-13/h4-6,8,16H,1-2,7,9-12H2. The molecule has 0 saturated carbocycles. The van der Waals surface area contributed by atoms with Crippen LogP contribution in [0.25, 0.3) is 0 Å². The molecule has 0 atom stereocenters. The van der Waals surface area contributed by atoms with Gasteiger partial charge in [0.25, 0.3) is 0 Å². The highest BCUT2D eigenvalue weighted by molar-refractivity contribution is 5.18. The summed E-state index contributed by atoms with van der Waals surface area (Å²) in [6.45, 7) is 8.54. The van der Waals surface area contributed by atoms with Gasteiger partial charge in [0.05, 0.1) is 6.61 Å². The summed E-state index contributed by atoms with van der Waals surface area (Å²) in [4.78, 5) is 2.07. The minimum Gasteiger partial charge on any atom is -0.502 e. The van der Waals surface area contributed by atoms with E-state index in [0.717, 1.165) is 19.4 Å². The summed E-state index contributed by atoms with van der Waals surface area (Å²) in [6.07, 6.45) is 10.2. The first-order valence-corrected chi connectivity index (χ1v) is 5.68. The zero-order valence-electron chi connectivity index (χ0n) is 10.1. The van der Waals surface area contributed by atoms with Crippen molar-refractivity contribution in [3.05, 3.63) is 54.8 Å². The van der Waals surface area contributed by atoms with Crippen molar-refractivity contribution < 1.29 is 9.84 Å². The second kappa shape index (κ2) is 7.55. The number of ether oxygens (including phenoxy) is 1. The quantitative estimate of drug-likeness (QED) is 0.417. The molecule has 1 N–H and O–H groups in total. The van der Waals surface area contributed by atoms with E-state index in [2.05, 4.69) is 42.0 Å². The average Bonchev–Trinajstić information content (AvgIpc) is 2.39. The highest BCUT2D eigenvalue weighted by Gasteiger charge is 2.07. The molecule has 0 heterocycles. The largest absolute Gasteiger partial charge is 0.502 e. The molecule has 1 aliphatic carbocycles. The molecule has 0 radical (unpaired) electrons. The van der Waals surface area contributed by atoms with Gasteiger partial charge in [-0.1, -0.05) is 31.0 Å². The van der Waals surface area contributed by atoms with Gasteiger partial charge in [0.1, 0.15) is 6.61 Å². The number of allylic oxidation sites excluding steroid dienone is 4. The van der Waals surface area contributed by atoms with Crippen LogP contribution in [0.15, 0.2) is 54.8 Å². The molecule has 0 saturated heterocycles. The third-order valence-electron chi connectivity index (χ3n) is 2.50. The van der Waals surface area contributed by atoms with E-state index in [4.69, 9.17) is 9.84 Å². The van der Waals surface area contributed by atoms with Gasteiger partial charge < -0.3 is 14.7 Å². The molecule has 0 fully saturated rings. The summed E-state index contributed by atoms with van der Waals surface area (Å²) in [6, 6.07) is 0. The monoisotopic (exact) mass is 233 g/mol. The summed E-state index contributed by atoms with van der Waals surface area (Å²) in [7, 11) is 0. The van der Waals surface area contributed by atoms with E-state index < -0.39 is 0 Å². The van der Waals surface area contributed by atoms with E-state index >= 15 is 0 Å². The Hall–Kier alpha value is -1.70. The van der Waals surface area contributed by atoms with Crippen molar-refractivity contribution in [1.29, 1.82) is 0 Å². The third-order valence-corrected chi connectivity index (χ3v) is 2.50. The van der Waals surface area contributed by atoms with Gasteiger partial charge in [-0.3, -0.25) is 0 Å². The van der Waals surface area contributed by atoms with Gasteiger partial charge in [-0.25, -0.2) is 0 Å². The van der Waals surface area contributed by atoms with Crippen LogP contribution in [0.3, 0.4) is 0 Å². The number of aliphatic hydroxyl groups is 1. The van der Waals surface area contributed by atoms with Gasteiger partial charge >= 0.3 is 0 Å². The molecule has 17 heavy (non-hydrogen) atoms. The van der Waals surface area contributed by atoms with Gasteiger partial charge in [0, 0.05) is 12.2 Å². The predicted octanol–water partition coefficient (Wildman–Crippen LogP) is 2.91. The first kappa shape index (κ1) is 13.4. The molecule has 3 heteroatoms. The van der Waals surface area contributed by atoms with Crippen molar-refractivity contribution in [1.82, 2.24) is 4.90 Å². The summed E-state index contributed by atoms with van der Waals surface area (Å²) >= 11 is 0. The maximum atomic E-state index is 9.09. The predicted molar refractivity (Wildman–Crippen MR) is 69.5 cm³/mol. The molecule has 0 aromatic rings. The molecule has 1 aliphatic rings. The highest BCUT2D eigenvalue weighted by atomic mass is 16.5. The lowest BCUT2D eigenvalue weighted by molar-refractivity contribution is 0.117. The molecular formula is C14H19NO2. The van der Waals surface area contributed by atoms with Crippen LogP contribution in [-0.2, 0) is 4.74 Å². The van der Waals surface area contributed by atoms with Crippen LogP contribution in [0.5, 0.6) is 0 Å². The molecule has 0 aromatic heterocycles. The number of hydrogen-bond donors (Lipinski definition) is 1. The van der Waals surface area contributed by atoms with E-state index in [1.54, 1.807) is 6.20 Å². The van der Waals surface area contributed by atoms with Gasteiger partial charge in [0.2, 0.25) is 0 Å². The second-order valence-corrected chi connectivity index (χ2v) is 3.68. The molecule has 92 valence electrons. The van der Waals surface area contributed by atoms with Crippen LogP contribution >= 0.6 is 0 Å². The smallest absolute Gasteiger partial charge is 0.160 e. The summed E-state index contributed by atoms with van der Waals surface area (Å²) in [5.41, 5.74) is 3.62. The molecule has 0 bridgehead atoms. The maximum absolute atomic E-state index is 9.09. The molecule has 1 rings (SSSR count). The molecule has 3 nitrogen and oxygen atoms in total. The number of aliphatic hydroxyl groups excluding tert-OH is 1. The van der Waals surface area contributed by atoms with E-state index in [9.17, 15) is 0 Å². The van der Waals surface area contributed by atoms with Crippen molar-refractivity contribution in [2.75, 3.05) is 19.8 Å². The van der Waals surface area contributed by atoms with Crippen molar-refractivity contribution in [3.63, 3.8) is 0 Å². The third kappa shape index (κ3) is 4.77. The van der Waals surface area contributed by atoms with Gasteiger partial charge in [0.15, 0.2) is 5.76 Å². The molecule has 0 amide bonds. The molecule has 0 aromatic carbocycles. The topological polar surface area (TPSA) is 32.7 Å². The van der Waals surface area contributed by atoms with Crippen LogP contribution in [0.4, 0.5) is 0 Å². The van der Waals surface area contributed by atoms with E-state index in [0.29, 0.717) is 6.61 Å². The molecule has 0 unspecified atom stereocenters. The summed E-state index contributed by atoms with van der Waals surface area (Å²) in [5, 5.41) is 9.09. The number of rotatable bonds is 7. The Balaban J connectivity index is 2.32. The Morgan fingerprint density at radius 1 is 1.65 bits per heavy atom. The van der Waals surface area contributed by atoms with E-state index in [1.807, 2.05) is 0 Å². The Morgan fingerprint density at radius 3 is 3.06 bits per heavy atom. The Bertz CT molecular complexity index is 362. The highest BCUT2D eigenvalue weighted by Crippen LogP contribution is 2.16. The lowest BCUT2D eigenvalue weighted by Crippen LogP contribution is -2.22. The fraction of sp³-hybridized carbons (Fsp3) is 0.357. The van der Waals surface area contributed by atoms with Crippen molar-refractivity contribution in [2.24, 2.45) is 0 Å². The van der Waals surface area contributed by atoms with Crippen LogP contribution in [0.2, 0.25) is 0 Å². The maximum Gasteiger partial charge on any atom is 0.160 e. The Morgan fingerprint density at radius 2 is 2.47 bits per heavy atom. The molecule has 0 aliphatic heterocycles. The van der Waals surface area contributed by atoms with Crippen molar-refractivity contribution in [2.45, 2.75) is 12.8 Å². The van der Waals surface area contributed by atoms with Gasteiger partial charge in [-0.2, -0.15) is 0 Å². The van der Waals surface area contributed by atoms with E-state index in [-0.39, 0.29) is 12.4 Å². The lowest BCUT2D eigenvalue weighted by Gasteiger charge is -2.24. The van der Waals surface area contributed by atoms with Crippen LogP contribution < -0.4 is 0 Å². The van der Waals surface area contributed by atoms with Crippen LogP contribution in [0.1, 0.15) is 12.8 Å². The lowest BCUT2D eigenvalue weighted by atomic mass is 10.1. The first-order chi connectivity index (χ1) is 8.27. The molecule has 0 spiro atoms. The number of nitrogens with zero attached hydrogens (tertiary/aromatic N) is 1. The SMILES string of the molecule is C=C=C(O)COCCN(C=C)C1=CC=CCC1. The van der Waals surface area contributed by atoms with Crippen molar-refractivity contribution in [3.8, 4) is 0 Å². The van der Waals surface area contributed by atoms with Crippen LogP contribution in [0, 0.1) is 0 Å². The van der Waals surface area contributed by atoms with Crippen LogP contribution in [-0.4, -0.2) is 29.8 Å². The fourth-order valence-corrected chi connectivity index (χ4v) is 1.56. The molecular weight excluding hydrogens is 214 g/mol. The summed E-state index contributed by atoms with van der Waals surface area (Å²) in [5.74, 6) is 0.0370. The second-order valence-electron chi connectivity index (χ2n) is 3.68. The fourth-order valence-electron chi connectivity index (χ4n) is 1.56. The van der Waals surface area contributed by atoms with Crippen molar-refractivity contribution >= 4 is 0 Å².